The molecule has 0 aliphatic rings. The number of aromatic nitrogens is 3. The van der Waals surface area contributed by atoms with E-state index in [0.717, 1.165) is 10.3 Å². The molecule has 7 nitrogen and oxygen atoms in total. The number of pyridine rings is 1. The van der Waals surface area contributed by atoms with E-state index in [4.69, 9.17) is 0 Å². The summed E-state index contributed by atoms with van der Waals surface area (Å²) >= 11 is 0. The van der Waals surface area contributed by atoms with Crippen LogP contribution in [0, 0.1) is 11.7 Å². The van der Waals surface area contributed by atoms with Gasteiger partial charge in [0.05, 0.1) is 35.8 Å². The molecule has 2 heterocycles. The maximum atomic E-state index is 14.8. The number of hydrogen-bond acceptors (Lipinski definition) is 5. The van der Waals surface area contributed by atoms with E-state index in [1.165, 1.54) is 48.3 Å². The second-order valence-corrected chi connectivity index (χ2v) is 11.1. The van der Waals surface area contributed by atoms with Crippen molar-refractivity contribution < 1.29 is 17.2 Å². The highest BCUT2D eigenvalue weighted by Crippen LogP contribution is 2.31. The summed E-state index contributed by atoms with van der Waals surface area (Å²) in [5, 5.41) is 7.89. The smallest absolute Gasteiger partial charge is 0.258 e. The molecule has 0 bridgehead atoms. The second kappa shape index (κ2) is 13.0. The van der Waals surface area contributed by atoms with Gasteiger partial charge in [-0.1, -0.05) is 47.3 Å². The molecule has 1 atom stereocenters. The Kier molecular flexibility index (Phi) is 10.6. The van der Waals surface area contributed by atoms with Gasteiger partial charge in [0.15, 0.2) is 0 Å². The van der Waals surface area contributed by atoms with Gasteiger partial charge in [-0.25, -0.2) is 17.2 Å². The maximum absolute atomic E-state index is 14.8. The van der Waals surface area contributed by atoms with Crippen molar-refractivity contribution in [2.75, 3.05) is 6.26 Å². The summed E-state index contributed by atoms with van der Waals surface area (Å²) in [6.07, 6.45) is 7.01. The third-order valence-corrected chi connectivity index (χ3v) is 7.10. The first kappa shape index (κ1) is 31.7. The third kappa shape index (κ3) is 7.11. The molecule has 1 aromatic carbocycles. The van der Waals surface area contributed by atoms with Crippen LogP contribution in [-0.4, -0.2) is 28.4 Å². The highest BCUT2D eigenvalue weighted by molar-refractivity contribution is 7.89. The van der Waals surface area contributed by atoms with Gasteiger partial charge < -0.3 is 9.88 Å². The Bertz CT molecular complexity index is 1580. The predicted octanol–water partition coefficient (Wildman–Crippen LogP) is 6.39. The molecule has 3 rings (SSSR count). The fraction of sp³-hybridized carbons (Fsp3) is 0.379. The molecule has 0 fully saturated rings. The van der Waals surface area contributed by atoms with Gasteiger partial charge in [-0.2, -0.15) is 9.19 Å². The Morgan fingerprint density at radius 3 is 2.36 bits per heavy atom. The van der Waals surface area contributed by atoms with Crippen molar-refractivity contribution in [3.8, 4) is 11.3 Å². The zero-order valence-electron chi connectivity index (χ0n) is 23.8. The van der Waals surface area contributed by atoms with Gasteiger partial charge in [-0.15, -0.1) is 0 Å². The number of benzene rings is 1. The molecule has 0 saturated heterocycles. The number of allylic oxidation sites excluding steroid dienone is 4. The highest BCUT2D eigenvalue weighted by Gasteiger charge is 2.21. The maximum Gasteiger partial charge on any atom is 0.258 e. The molecular weight excluding hydrogens is 522 g/mol. The first-order chi connectivity index (χ1) is 18.3. The third-order valence-electron chi connectivity index (χ3n) is 6.22. The van der Waals surface area contributed by atoms with Crippen LogP contribution in [0.2, 0.25) is 0 Å². The Labute approximate surface area is 229 Å². The number of nitrogens with zero attached hydrogens (tertiary/aromatic N) is 3. The molecule has 1 unspecified atom stereocenters. The predicted molar refractivity (Wildman–Crippen MR) is 155 cm³/mol. The highest BCUT2D eigenvalue weighted by atomic mass is 32.2. The number of nitrogens with one attached hydrogen (secondary N) is 1. The molecule has 0 spiro atoms. The van der Waals surface area contributed by atoms with Crippen LogP contribution in [-0.2, 0) is 17.1 Å². The van der Waals surface area contributed by atoms with Crippen LogP contribution in [0.5, 0.6) is 0 Å². The van der Waals surface area contributed by atoms with Crippen molar-refractivity contribution in [1.82, 2.24) is 19.1 Å². The molecule has 2 aromatic heterocycles. The van der Waals surface area contributed by atoms with Crippen molar-refractivity contribution in [3.63, 3.8) is 0 Å². The topological polar surface area (TPSA) is 86.0 Å². The number of rotatable bonds is 9. The Hall–Kier alpha value is -3.53. The largest absolute Gasteiger partial charge is 0.378 e. The lowest BCUT2D eigenvalue weighted by Crippen LogP contribution is -2.24. The zero-order chi connectivity index (χ0) is 29.7. The van der Waals surface area contributed by atoms with Gasteiger partial charge >= 0.3 is 0 Å². The van der Waals surface area contributed by atoms with Crippen LogP contribution >= 0.6 is 0 Å². The number of fused-ring (bicyclic) bond motifs is 1. The first-order valence-corrected chi connectivity index (χ1v) is 14.7. The van der Waals surface area contributed by atoms with Gasteiger partial charge in [0.1, 0.15) is 11.6 Å². The van der Waals surface area contributed by atoms with Gasteiger partial charge in [0, 0.05) is 18.3 Å². The lowest BCUT2D eigenvalue weighted by Gasteiger charge is -2.25. The van der Waals surface area contributed by atoms with Gasteiger partial charge in [0.2, 0.25) is 0 Å². The molecule has 0 amide bonds. The Morgan fingerprint density at radius 1 is 1.21 bits per heavy atom. The fourth-order valence-corrected chi connectivity index (χ4v) is 4.74. The lowest BCUT2D eigenvalue weighted by molar-refractivity contribution is 0.566. The summed E-state index contributed by atoms with van der Waals surface area (Å²) < 4.78 is 54.8. The SMILES string of the molecule is C=C(NC(CC)c1cc(F)cc2c(=O)n(C)c(-c3cnn(S(C)(=O)=O)c3)cc12)/C(=C\C(F)=C/C)C(C)C.CC. The van der Waals surface area contributed by atoms with E-state index in [-0.39, 0.29) is 11.3 Å². The first-order valence-electron chi connectivity index (χ1n) is 12.9. The molecule has 212 valence electrons. The van der Waals surface area contributed by atoms with Crippen LogP contribution in [0.3, 0.4) is 0 Å². The summed E-state index contributed by atoms with van der Waals surface area (Å²) in [5.74, 6) is -0.987. The van der Waals surface area contributed by atoms with E-state index >= 15 is 0 Å². The molecule has 0 aliphatic heterocycles. The van der Waals surface area contributed by atoms with E-state index in [1.54, 1.807) is 13.0 Å². The van der Waals surface area contributed by atoms with Gasteiger partial charge in [-0.05, 0) is 60.1 Å². The van der Waals surface area contributed by atoms with Crippen LogP contribution in [0.15, 0.2) is 71.2 Å². The van der Waals surface area contributed by atoms with E-state index in [9.17, 15) is 22.0 Å². The quantitative estimate of drug-likeness (QED) is 0.307. The standard InChI is InChI=1S/C27H32F2N4O3S.C2H6/c1-8-19(28)10-21(16(3)4)17(5)31-25(9-2)23-11-20(29)12-24-22(23)13-26(32(6)27(24)34)18-14-30-33(15-18)37(7,35)36;1-2/h8,10-16,25,31H,5,9H2,1-4,6-7H3;1-2H3/b19-8+,21-10-;. The van der Waals surface area contributed by atoms with Crippen molar-refractivity contribution in [2.24, 2.45) is 13.0 Å². The minimum absolute atomic E-state index is 0.0299. The van der Waals surface area contributed by atoms with E-state index in [2.05, 4.69) is 17.0 Å². The molecule has 1 N–H and O–H groups in total. The fourth-order valence-electron chi connectivity index (χ4n) is 4.21. The van der Waals surface area contributed by atoms with E-state index in [1.807, 2.05) is 34.6 Å². The minimum Gasteiger partial charge on any atom is -0.378 e. The van der Waals surface area contributed by atoms with E-state index < -0.39 is 33.3 Å². The van der Waals surface area contributed by atoms with Crippen LogP contribution in [0.25, 0.3) is 22.0 Å². The summed E-state index contributed by atoms with van der Waals surface area (Å²) in [5.41, 5.74) is 2.09. The summed E-state index contributed by atoms with van der Waals surface area (Å²) in [6.45, 7) is 15.5. The lowest BCUT2D eigenvalue weighted by atomic mass is 9.94. The summed E-state index contributed by atoms with van der Waals surface area (Å²) in [6, 6.07) is 3.83. The van der Waals surface area contributed by atoms with Crippen LogP contribution in [0.4, 0.5) is 8.78 Å². The Morgan fingerprint density at radius 2 is 1.85 bits per heavy atom. The van der Waals surface area contributed by atoms with E-state index in [0.29, 0.717) is 39.9 Å². The van der Waals surface area contributed by atoms with Crippen molar-refractivity contribution in [3.05, 3.63) is 88.2 Å². The van der Waals surface area contributed by atoms with Crippen LogP contribution in [0.1, 0.15) is 59.6 Å². The van der Waals surface area contributed by atoms with Gasteiger partial charge in [-0.3, -0.25) is 4.79 Å². The molecule has 0 radical (unpaired) electrons. The average molecular weight is 561 g/mol. The summed E-state index contributed by atoms with van der Waals surface area (Å²) in [4.78, 5) is 13.3. The van der Waals surface area contributed by atoms with Crippen molar-refractivity contribution >= 4 is 20.8 Å². The molecular formula is C29H38F2N4O3S. The number of hydrogen-bond donors (Lipinski definition) is 1. The molecule has 10 heteroatoms. The number of halogens is 2. The summed E-state index contributed by atoms with van der Waals surface area (Å²) in [7, 11) is -2.08. The molecule has 3 aromatic rings. The van der Waals surface area contributed by atoms with Crippen LogP contribution < -0.4 is 10.9 Å². The Balaban J connectivity index is 0.00000260. The zero-order valence-corrected chi connectivity index (χ0v) is 24.7. The monoisotopic (exact) mass is 560 g/mol. The van der Waals surface area contributed by atoms with Crippen molar-refractivity contribution in [1.29, 1.82) is 0 Å². The minimum atomic E-state index is -3.61. The molecule has 0 saturated carbocycles. The van der Waals surface area contributed by atoms with Crippen molar-refractivity contribution in [2.45, 2.75) is 54.0 Å². The second-order valence-electron chi connectivity index (χ2n) is 9.23. The molecule has 0 aliphatic carbocycles. The average Bonchev–Trinajstić information content (AvgIpc) is 3.39. The molecule has 39 heavy (non-hydrogen) atoms. The normalized spacial score (nSPS) is 13.3. The van der Waals surface area contributed by atoms with Gasteiger partial charge in [0.25, 0.3) is 15.6 Å².